The molecule has 1 aliphatic heterocycles. The van der Waals surface area contributed by atoms with E-state index in [1.54, 1.807) is 17.5 Å². The van der Waals surface area contributed by atoms with Crippen molar-refractivity contribution in [3.05, 3.63) is 61.4 Å². The van der Waals surface area contributed by atoms with Crippen molar-refractivity contribution in [2.45, 2.75) is 19.1 Å². The summed E-state index contributed by atoms with van der Waals surface area (Å²) in [7, 11) is 0. The standard InChI is InChI=1S/C17H14F3N5OS2/c18-17(19,20)13-2-1-12(28-13)9-25-10-22-15(23-16(25)26)24-6-3-11(4-7-24)14-21-5-8-27-14/h1-3,5,8,10H,4,6-7,9H2. The fraction of sp³-hybridized carbons (Fsp3) is 0.294. The molecule has 0 radical (unpaired) electrons. The third kappa shape index (κ3) is 3.99. The van der Waals surface area contributed by atoms with Crippen LogP contribution in [0.3, 0.4) is 0 Å². The molecule has 0 unspecified atom stereocenters. The highest BCUT2D eigenvalue weighted by atomic mass is 32.1. The Morgan fingerprint density at radius 1 is 1.21 bits per heavy atom. The van der Waals surface area contributed by atoms with Crippen LogP contribution in [0.5, 0.6) is 0 Å². The number of halogens is 3. The molecule has 0 bridgehead atoms. The van der Waals surface area contributed by atoms with Gasteiger partial charge in [-0.3, -0.25) is 4.57 Å². The molecule has 4 rings (SSSR count). The Morgan fingerprint density at radius 3 is 2.68 bits per heavy atom. The van der Waals surface area contributed by atoms with E-state index in [1.807, 2.05) is 16.4 Å². The Labute approximate surface area is 165 Å². The van der Waals surface area contributed by atoms with E-state index in [-0.39, 0.29) is 6.54 Å². The highest BCUT2D eigenvalue weighted by molar-refractivity contribution is 7.12. The minimum absolute atomic E-state index is 0.00790. The summed E-state index contributed by atoms with van der Waals surface area (Å²) < 4.78 is 39.3. The maximum absolute atomic E-state index is 12.7. The van der Waals surface area contributed by atoms with Gasteiger partial charge in [0, 0.05) is 29.5 Å². The number of thiazole rings is 1. The minimum Gasteiger partial charge on any atom is -0.337 e. The zero-order valence-electron chi connectivity index (χ0n) is 14.4. The lowest BCUT2D eigenvalue weighted by Crippen LogP contribution is -2.33. The third-order valence-corrected chi connectivity index (χ3v) is 6.18. The SMILES string of the molecule is O=c1nc(N2CC=C(c3nccs3)CC2)ncn1Cc1ccc(C(F)(F)F)s1. The van der Waals surface area contributed by atoms with Gasteiger partial charge in [0.25, 0.3) is 0 Å². The van der Waals surface area contributed by atoms with Crippen LogP contribution >= 0.6 is 22.7 Å². The Bertz CT molecular complexity index is 1060. The van der Waals surface area contributed by atoms with E-state index in [0.717, 1.165) is 23.1 Å². The molecule has 0 aliphatic carbocycles. The van der Waals surface area contributed by atoms with Crippen molar-refractivity contribution in [3.63, 3.8) is 0 Å². The molecule has 0 spiro atoms. The van der Waals surface area contributed by atoms with Crippen LogP contribution in [-0.4, -0.2) is 32.6 Å². The van der Waals surface area contributed by atoms with Crippen molar-refractivity contribution in [2.75, 3.05) is 18.0 Å². The fourth-order valence-corrected chi connectivity index (χ4v) is 4.40. The van der Waals surface area contributed by atoms with Crippen LogP contribution in [0, 0.1) is 0 Å². The molecule has 0 saturated heterocycles. The van der Waals surface area contributed by atoms with Crippen molar-refractivity contribution < 1.29 is 13.2 Å². The summed E-state index contributed by atoms with van der Waals surface area (Å²) in [6.45, 7) is 1.24. The van der Waals surface area contributed by atoms with Gasteiger partial charge in [-0.05, 0) is 24.1 Å². The molecule has 6 nitrogen and oxygen atoms in total. The van der Waals surface area contributed by atoms with Gasteiger partial charge in [0.2, 0.25) is 5.95 Å². The Kier molecular flexibility index (Phi) is 5.02. The summed E-state index contributed by atoms with van der Waals surface area (Å²) >= 11 is 2.19. The molecular formula is C17H14F3N5OS2. The molecule has 1 aliphatic rings. The predicted molar refractivity (Wildman–Crippen MR) is 102 cm³/mol. The second-order valence-electron chi connectivity index (χ2n) is 6.09. The average Bonchev–Trinajstić information content (AvgIpc) is 3.35. The minimum atomic E-state index is -4.38. The van der Waals surface area contributed by atoms with Crippen molar-refractivity contribution >= 4 is 34.2 Å². The first-order valence-corrected chi connectivity index (χ1v) is 10.0. The molecule has 0 amide bonds. The summed E-state index contributed by atoms with van der Waals surface area (Å²) in [4.78, 5) is 26.4. The zero-order valence-corrected chi connectivity index (χ0v) is 16.0. The van der Waals surface area contributed by atoms with Crippen molar-refractivity contribution in [2.24, 2.45) is 0 Å². The molecule has 0 aromatic carbocycles. The number of nitrogens with zero attached hydrogens (tertiary/aromatic N) is 5. The molecule has 3 aromatic heterocycles. The van der Waals surface area contributed by atoms with Crippen LogP contribution in [-0.2, 0) is 12.7 Å². The quantitative estimate of drug-likeness (QED) is 0.640. The topological polar surface area (TPSA) is 63.9 Å². The summed E-state index contributed by atoms with van der Waals surface area (Å²) in [5.74, 6) is 0.317. The number of hydrogen-bond acceptors (Lipinski definition) is 7. The van der Waals surface area contributed by atoms with Gasteiger partial charge in [0.15, 0.2) is 0 Å². The van der Waals surface area contributed by atoms with Gasteiger partial charge in [0.05, 0.1) is 6.54 Å². The van der Waals surface area contributed by atoms with E-state index < -0.39 is 16.7 Å². The van der Waals surface area contributed by atoms with E-state index >= 15 is 0 Å². The molecule has 0 atom stereocenters. The van der Waals surface area contributed by atoms with E-state index in [2.05, 4.69) is 15.0 Å². The second-order valence-corrected chi connectivity index (χ2v) is 8.16. The van der Waals surface area contributed by atoms with Crippen LogP contribution in [0.25, 0.3) is 5.57 Å². The number of thiophene rings is 1. The molecule has 11 heteroatoms. The first-order chi connectivity index (χ1) is 13.4. The Hall–Kier alpha value is -2.53. The van der Waals surface area contributed by atoms with Gasteiger partial charge >= 0.3 is 11.9 Å². The maximum atomic E-state index is 12.7. The maximum Gasteiger partial charge on any atom is 0.425 e. The van der Waals surface area contributed by atoms with Crippen LogP contribution in [0.4, 0.5) is 19.1 Å². The molecule has 146 valence electrons. The van der Waals surface area contributed by atoms with Crippen LogP contribution in [0.1, 0.15) is 21.2 Å². The zero-order chi connectivity index (χ0) is 19.7. The van der Waals surface area contributed by atoms with Gasteiger partial charge in [0.1, 0.15) is 16.2 Å². The lowest BCUT2D eigenvalue weighted by molar-refractivity contribution is -0.134. The molecule has 28 heavy (non-hydrogen) atoms. The van der Waals surface area contributed by atoms with Crippen molar-refractivity contribution in [1.82, 2.24) is 19.5 Å². The highest BCUT2D eigenvalue weighted by Gasteiger charge is 2.32. The van der Waals surface area contributed by atoms with Crippen LogP contribution < -0.4 is 10.6 Å². The van der Waals surface area contributed by atoms with E-state index in [4.69, 9.17) is 0 Å². The number of aromatic nitrogens is 4. The summed E-state index contributed by atoms with van der Waals surface area (Å²) in [5, 5.41) is 2.92. The summed E-state index contributed by atoms with van der Waals surface area (Å²) in [6, 6.07) is 2.38. The van der Waals surface area contributed by atoms with E-state index in [9.17, 15) is 18.0 Å². The van der Waals surface area contributed by atoms with Gasteiger partial charge in [-0.2, -0.15) is 18.2 Å². The lowest BCUT2D eigenvalue weighted by atomic mass is 10.1. The van der Waals surface area contributed by atoms with E-state index in [0.29, 0.717) is 35.3 Å². The first-order valence-electron chi connectivity index (χ1n) is 8.33. The van der Waals surface area contributed by atoms with E-state index in [1.165, 1.54) is 17.0 Å². The Morgan fingerprint density at radius 2 is 2.07 bits per heavy atom. The summed E-state index contributed by atoms with van der Waals surface area (Å²) in [5.41, 5.74) is 0.624. The molecular weight excluding hydrogens is 411 g/mol. The average molecular weight is 425 g/mol. The smallest absolute Gasteiger partial charge is 0.337 e. The fourth-order valence-electron chi connectivity index (χ4n) is 2.82. The normalized spacial score (nSPS) is 15.0. The van der Waals surface area contributed by atoms with Crippen molar-refractivity contribution in [3.8, 4) is 0 Å². The summed E-state index contributed by atoms with van der Waals surface area (Å²) in [6.07, 6.45) is 1.53. The molecule has 4 heterocycles. The van der Waals surface area contributed by atoms with Gasteiger partial charge in [-0.15, -0.1) is 22.7 Å². The van der Waals surface area contributed by atoms with Crippen LogP contribution in [0.15, 0.2) is 40.9 Å². The van der Waals surface area contributed by atoms with Gasteiger partial charge in [-0.1, -0.05) is 6.08 Å². The predicted octanol–water partition coefficient (Wildman–Crippen LogP) is 3.52. The first kappa shape index (κ1) is 18.8. The number of anilines is 1. The molecule has 0 fully saturated rings. The molecule has 3 aromatic rings. The highest BCUT2D eigenvalue weighted by Crippen LogP contribution is 2.34. The number of alkyl halides is 3. The van der Waals surface area contributed by atoms with Gasteiger partial charge < -0.3 is 4.90 Å². The molecule has 0 saturated carbocycles. The van der Waals surface area contributed by atoms with Gasteiger partial charge in [-0.25, -0.2) is 14.8 Å². The molecule has 0 N–H and O–H groups in total. The number of rotatable bonds is 4. The second kappa shape index (κ2) is 7.47. The number of hydrogen-bond donors (Lipinski definition) is 0. The van der Waals surface area contributed by atoms with Crippen molar-refractivity contribution in [1.29, 1.82) is 0 Å². The largest absolute Gasteiger partial charge is 0.425 e. The lowest BCUT2D eigenvalue weighted by Gasteiger charge is -2.25. The third-order valence-electron chi connectivity index (χ3n) is 4.22. The Balaban J connectivity index is 1.46. The van der Waals surface area contributed by atoms with Crippen LogP contribution in [0.2, 0.25) is 0 Å². The monoisotopic (exact) mass is 425 g/mol.